The molecule has 0 amide bonds. The van der Waals surface area contributed by atoms with Gasteiger partial charge in [-0.25, -0.2) is 0 Å². The summed E-state index contributed by atoms with van der Waals surface area (Å²) in [6.45, 7) is 7.88. The summed E-state index contributed by atoms with van der Waals surface area (Å²) in [5, 5.41) is 19.6. The molecule has 0 aromatic heterocycles. The van der Waals surface area contributed by atoms with E-state index in [4.69, 9.17) is 11.5 Å². The van der Waals surface area contributed by atoms with Crippen LogP contribution >= 0.6 is 0 Å². The van der Waals surface area contributed by atoms with E-state index in [1.807, 2.05) is 27.7 Å². The first-order valence-corrected chi connectivity index (χ1v) is 5.64. The van der Waals surface area contributed by atoms with Crippen molar-refractivity contribution < 1.29 is 10.2 Å². The molecule has 4 heteroatoms. The predicted octanol–water partition coefficient (Wildman–Crippen LogP) is 0.0649. The average Bonchev–Trinajstić information content (AvgIpc) is 2.13. The van der Waals surface area contributed by atoms with E-state index in [0.29, 0.717) is 12.3 Å². The maximum atomic E-state index is 9.80. The molecule has 0 aromatic rings. The molecule has 4 nitrogen and oxygen atoms in total. The first kappa shape index (κ1) is 14.8. The van der Waals surface area contributed by atoms with Gasteiger partial charge in [-0.2, -0.15) is 0 Å². The van der Waals surface area contributed by atoms with Gasteiger partial charge in [0.15, 0.2) is 0 Å². The van der Waals surface area contributed by atoms with Crippen LogP contribution in [0.25, 0.3) is 0 Å². The molecule has 0 aromatic carbocycles. The van der Waals surface area contributed by atoms with Gasteiger partial charge in [0.2, 0.25) is 0 Å². The van der Waals surface area contributed by atoms with Crippen LogP contribution in [0.15, 0.2) is 0 Å². The Morgan fingerprint density at radius 3 is 1.73 bits per heavy atom. The summed E-state index contributed by atoms with van der Waals surface area (Å²) < 4.78 is 0. The first-order chi connectivity index (χ1) is 6.77. The third-order valence-electron chi connectivity index (χ3n) is 2.70. The maximum absolute atomic E-state index is 9.80. The zero-order valence-corrected chi connectivity index (χ0v) is 10.2. The number of aliphatic hydroxyl groups is 2. The Balaban J connectivity index is 4.23. The molecule has 0 radical (unpaired) electrons. The van der Waals surface area contributed by atoms with Gasteiger partial charge in [0.05, 0.1) is 12.2 Å². The highest BCUT2D eigenvalue weighted by Gasteiger charge is 2.30. The molecule has 2 unspecified atom stereocenters. The summed E-state index contributed by atoms with van der Waals surface area (Å²) in [6, 6.07) is -0.844. The lowest BCUT2D eigenvalue weighted by molar-refractivity contribution is -0.0211. The number of nitrogens with two attached hydrogens (primary N) is 2. The smallest absolute Gasteiger partial charge is 0.0967 e. The Morgan fingerprint density at radius 2 is 1.40 bits per heavy atom. The predicted molar refractivity (Wildman–Crippen MR) is 62.3 cm³/mol. The minimum atomic E-state index is -0.946. The van der Waals surface area contributed by atoms with Crippen molar-refractivity contribution >= 4 is 0 Å². The average molecular weight is 218 g/mol. The van der Waals surface area contributed by atoms with Gasteiger partial charge in [0.1, 0.15) is 0 Å². The van der Waals surface area contributed by atoms with Crippen molar-refractivity contribution in [2.45, 2.75) is 58.4 Å². The zero-order chi connectivity index (χ0) is 12.2. The van der Waals surface area contributed by atoms with Crippen LogP contribution < -0.4 is 11.5 Å². The van der Waals surface area contributed by atoms with Gasteiger partial charge in [-0.05, 0) is 18.3 Å². The molecule has 15 heavy (non-hydrogen) atoms. The normalized spacial score (nSPS) is 20.4. The van der Waals surface area contributed by atoms with Crippen molar-refractivity contribution in [1.82, 2.24) is 0 Å². The molecular formula is C11H26N2O2. The minimum Gasteiger partial charge on any atom is -0.389 e. The molecular weight excluding hydrogens is 192 g/mol. The highest BCUT2D eigenvalue weighted by Crippen LogP contribution is 2.13. The van der Waals surface area contributed by atoms with Crippen LogP contribution in [0.5, 0.6) is 0 Å². The van der Waals surface area contributed by atoms with Crippen LogP contribution in [0.2, 0.25) is 0 Å². The Morgan fingerprint density at radius 1 is 0.933 bits per heavy atom. The lowest BCUT2D eigenvalue weighted by Crippen LogP contribution is -2.53. The molecule has 0 saturated heterocycles. The van der Waals surface area contributed by atoms with Gasteiger partial charge < -0.3 is 21.7 Å². The summed E-state index contributed by atoms with van der Waals surface area (Å²) in [6.07, 6.45) is -1.20. The first-order valence-electron chi connectivity index (χ1n) is 5.64. The Labute approximate surface area is 92.7 Å². The van der Waals surface area contributed by atoms with E-state index in [-0.39, 0.29) is 5.92 Å². The van der Waals surface area contributed by atoms with Gasteiger partial charge >= 0.3 is 0 Å². The molecule has 92 valence electrons. The van der Waals surface area contributed by atoms with Crippen molar-refractivity contribution in [3.8, 4) is 0 Å². The molecule has 0 fully saturated rings. The maximum Gasteiger partial charge on any atom is 0.0967 e. The Bertz CT molecular complexity index is 174. The van der Waals surface area contributed by atoms with Crippen LogP contribution in [0.1, 0.15) is 34.1 Å². The van der Waals surface area contributed by atoms with E-state index in [0.717, 1.165) is 0 Å². The number of aliphatic hydroxyl groups excluding tert-OH is 2. The standard InChI is InChI=1S/C11H26N2O2/c1-6(2)5-8(12)10(14)11(15)9(13)7(3)4/h6-11,14-15H,5,12-13H2,1-4H3/t8-,9-,10?,11?/m0/s1. The third-order valence-corrected chi connectivity index (χ3v) is 2.70. The van der Waals surface area contributed by atoms with Gasteiger partial charge in [-0.15, -0.1) is 0 Å². The monoisotopic (exact) mass is 218 g/mol. The zero-order valence-electron chi connectivity index (χ0n) is 10.2. The van der Waals surface area contributed by atoms with Crippen molar-refractivity contribution in [2.75, 3.05) is 0 Å². The summed E-state index contributed by atoms with van der Waals surface area (Å²) in [5.41, 5.74) is 11.6. The number of hydrogen-bond acceptors (Lipinski definition) is 4. The van der Waals surface area contributed by atoms with Crippen LogP contribution in [0, 0.1) is 11.8 Å². The van der Waals surface area contributed by atoms with Crippen LogP contribution in [-0.2, 0) is 0 Å². The van der Waals surface area contributed by atoms with E-state index >= 15 is 0 Å². The second kappa shape index (κ2) is 6.43. The molecule has 0 rings (SSSR count). The summed E-state index contributed by atoms with van der Waals surface area (Å²) in [7, 11) is 0. The SMILES string of the molecule is CC(C)C[C@H](N)C(O)C(O)[C@@H](N)C(C)C. The van der Waals surface area contributed by atoms with Crippen LogP contribution in [-0.4, -0.2) is 34.5 Å². The molecule has 0 saturated carbocycles. The van der Waals surface area contributed by atoms with Crippen LogP contribution in [0.3, 0.4) is 0 Å². The minimum absolute atomic E-state index is 0.126. The topological polar surface area (TPSA) is 92.5 Å². The van der Waals surface area contributed by atoms with Crippen molar-refractivity contribution in [2.24, 2.45) is 23.3 Å². The molecule has 0 aliphatic heterocycles. The van der Waals surface area contributed by atoms with Crippen molar-refractivity contribution in [3.63, 3.8) is 0 Å². The third kappa shape index (κ3) is 4.93. The van der Waals surface area contributed by atoms with E-state index < -0.39 is 24.3 Å². The highest BCUT2D eigenvalue weighted by atomic mass is 16.3. The van der Waals surface area contributed by atoms with Gasteiger partial charge in [0.25, 0.3) is 0 Å². The molecule has 6 N–H and O–H groups in total. The lowest BCUT2D eigenvalue weighted by atomic mass is 9.90. The molecule has 0 spiro atoms. The fraction of sp³-hybridized carbons (Fsp3) is 1.00. The number of hydrogen-bond donors (Lipinski definition) is 4. The van der Waals surface area contributed by atoms with Crippen molar-refractivity contribution in [3.05, 3.63) is 0 Å². The summed E-state index contributed by atoms with van der Waals surface area (Å²) in [4.78, 5) is 0. The van der Waals surface area contributed by atoms with Gasteiger partial charge in [-0.3, -0.25) is 0 Å². The van der Waals surface area contributed by atoms with Gasteiger partial charge in [0, 0.05) is 12.1 Å². The summed E-state index contributed by atoms with van der Waals surface area (Å²) in [5.74, 6) is 0.526. The lowest BCUT2D eigenvalue weighted by Gasteiger charge is -2.30. The second-order valence-corrected chi connectivity index (χ2v) is 5.10. The molecule has 0 aliphatic carbocycles. The highest BCUT2D eigenvalue weighted by molar-refractivity contribution is 4.87. The number of rotatable bonds is 6. The van der Waals surface area contributed by atoms with E-state index in [1.54, 1.807) is 0 Å². The van der Waals surface area contributed by atoms with Gasteiger partial charge in [-0.1, -0.05) is 27.7 Å². The fourth-order valence-electron chi connectivity index (χ4n) is 1.56. The molecule has 0 aliphatic rings. The summed E-state index contributed by atoms with van der Waals surface area (Å²) >= 11 is 0. The fourth-order valence-corrected chi connectivity index (χ4v) is 1.56. The Kier molecular flexibility index (Phi) is 6.36. The largest absolute Gasteiger partial charge is 0.389 e. The molecule has 0 bridgehead atoms. The second-order valence-electron chi connectivity index (χ2n) is 5.10. The Hall–Kier alpha value is -0.160. The van der Waals surface area contributed by atoms with Crippen molar-refractivity contribution in [1.29, 1.82) is 0 Å². The molecule has 0 heterocycles. The van der Waals surface area contributed by atoms with E-state index in [9.17, 15) is 10.2 Å². The molecule has 4 atom stereocenters. The van der Waals surface area contributed by atoms with E-state index in [2.05, 4.69) is 0 Å². The van der Waals surface area contributed by atoms with E-state index in [1.165, 1.54) is 0 Å². The van der Waals surface area contributed by atoms with Crippen LogP contribution in [0.4, 0.5) is 0 Å². The quantitative estimate of drug-likeness (QED) is 0.507.